The third-order valence-electron chi connectivity index (χ3n) is 5.87. The molecule has 0 radical (unpaired) electrons. The van der Waals surface area contributed by atoms with Gasteiger partial charge in [0.2, 0.25) is 0 Å². The lowest BCUT2D eigenvalue weighted by molar-refractivity contribution is 0.0907. The van der Waals surface area contributed by atoms with E-state index in [9.17, 15) is 44.4 Å². The molecule has 0 aliphatic carbocycles. The number of hydrogen-bond donors (Lipinski definition) is 6. The molecule has 4 aromatic carbocycles. The Bertz CT molecular complexity index is 1680. The zero-order valence-corrected chi connectivity index (χ0v) is 20.4. The van der Waals surface area contributed by atoms with Gasteiger partial charge in [0, 0.05) is 27.8 Å². The Labute approximate surface area is 226 Å². The fraction of sp³-hybridized carbons (Fsp3) is 0. The summed E-state index contributed by atoms with van der Waals surface area (Å²) in [6.45, 7) is 0. The molecule has 0 aliphatic heterocycles. The molecule has 0 bridgehead atoms. The van der Waals surface area contributed by atoms with Crippen molar-refractivity contribution < 1.29 is 44.4 Å². The average Bonchev–Trinajstić information content (AvgIpc) is 2.92. The summed E-state index contributed by atoms with van der Waals surface area (Å²) in [5.74, 6) is -4.29. The molecule has 0 spiro atoms. The summed E-state index contributed by atoms with van der Waals surface area (Å²) < 4.78 is 0. The van der Waals surface area contributed by atoms with Gasteiger partial charge in [-0.15, -0.1) is 0 Å². The number of nitrogens with one attached hydrogen (secondary N) is 2. The number of carboxylic acid groups (broad SMARTS) is 2. The first-order chi connectivity index (χ1) is 19.1. The normalized spacial score (nSPS) is 10.4. The van der Waals surface area contributed by atoms with E-state index in [1.807, 2.05) is 0 Å². The van der Waals surface area contributed by atoms with E-state index in [4.69, 9.17) is 0 Å². The molecule has 11 heteroatoms. The second-order valence-corrected chi connectivity index (χ2v) is 8.34. The molecule has 6 N–H and O–H groups in total. The third kappa shape index (κ3) is 5.34. The standard InChI is InChI=1S/C29H20N2O9/c32-20-12-6-4-10-16(20)18-14-19(25(34)15-8-2-1-3-9-15)23(26(35)30-28(37)38)24(27(36)31-29(39)40)22(18)17-11-5-7-13-21(17)33/h1-14,32-33H,(H,30,35)(H,31,36)(H,37,38)(H,39,40). The Balaban J connectivity index is 2.26. The van der Waals surface area contributed by atoms with Gasteiger partial charge in [-0.2, -0.15) is 0 Å². The molecular formula is C29H20N2O9. The Kier molecular flexibility index (Phi) is 7.57. The fourth-order valence-corrected chi connectivity index (χ4v) is 4.27. The van der Waals surface area contributed by atoms with E-state index in [1.165, 1.54) is 60.7 Å². The van der Waals surface area contributed by atoms with Crippen LogP contribution in [0.1, 0.15) is 36.6 Å². The topological polar surface area (TPSA) is 190 Å². The highest BCUT2D eigenvalue weighted by atomic mass is 16.4. The lowest BCUT2D eigenvalue weighted by atomic mass is 9.82. The molecule has 0 saturated heterocycles. The van der Waals surface area contributed by atoms with Gasteiger partial charge in [0.05, 0.1) is 11.1 Å². The van der Waals surface area contributed by atoms with Crippen LogP contribution in [0.15, 0.2) is 84.9 Å². The number of para-hydroxylation sites is 2. The maximum absolute atomic E-state index is 13.8. The van der Waals surface area contributed by atoms with Gasteiger partial charge in [-0.25, -0.2) is 9.59 Å². The molecule has 200 valence electrons. The van der Waals surface area contributed by atoms with E-state index >= 15 is 0 Å². The van der Waals surface area contributed by atoms with Crippen molar-refractivity contribution in [2.75, 3.05) is 0 Å². The van der Waals surface area contributed by atoms with Crippen molar-refractivity contribution in [3.05, 3.63) is 107 Å². The Morgan fingerprint density at radius 3 is 1.55 bits per heavy atom. The molecule has 4 aromatic rings. The number of imide groups is 2. The largest absolute Gasteiger partial charge is 0.507 e. The van der Waals surface area contributed by atoms with Crippen LogP contribution in [0.25, 0.3) is 22.3 Å². The van der Waals surface area contributed by atoms with Crippen LogP contribution in [0.5, 0.6) is 11.5 Å². The summed E-state index contributed by atoms with van der Waals surface area (Å²) in [6, 6.07) is 20.2. The summed E-state index contributed by atoms with van der Waals surface area (Å²) >= 11 is 0. The summed E-state index contributed by atoms with van der Waals surface area (Å²) in [7, 11) is 0. The summed E-state index contributed by atoms with van der Waals surface area (Å²) in [5.41, 5.74) is -2.14. The van der Waals surface area contributed by atoms with E-state index in [-0.39, 0.29) is 33.6 Å². The van der Waals surface area contributed by atoms with Gasteiger partial charge in [-0.05, 0) is 23.8 Å². The number of benzene rings is 4. The molecule has 4 amide bonds. The van der Waals surface area contributed by atoms with Crippen molar-refractivity contribution in [2.45, 2.75) is 0 Å². The van der Waals surface area contributed by atoms with E-state index < -0.39 is 52.2 Å². The average molecular weight is 540 g/mol. The molecular weight excluding hydrogens is 520 g/mol. The van der Waals surface area contributed by atoms with Crippen molar-refractivity contribution in [2.24, 2.45) is 0 Å². The number of ketones is 1. The second kappa shape index (κ2) is 11.2. The van der Waals surface area contributed by atoms with E-state index in [0.717, 1.165) is 0 Å². The van der Waals surface area contributed by atoms with Crippen LogP contribution >= 0.6 is 0 Å². The quantitative estimate of drug-likeness (QED) is 0.191. The number of carbonyl (C=O) groups excluding carboxylic acids is 3. The molecule has 0 aromatic heterocycles. The van der Waals surface area contributed by atoms with Crippen LogP contribution in [0.2, 0.25) is 0 Å². The maximum atomic E-state index is 13.8. The van der Waals surface area contributed by atoms with Gasteiger partial charge in [-0.1, -0.05) is 66.7 Å². The minimum absolute atomic E-state index is 0.0266. The first kappa shape index (κ1) is 27.1. The van der Waals surface area contributed by atoms with E-state index in [2.05, 4.69) is 0 Å². The van der Waals surface area contributed by atoms with Crippen molar-refractivity contribution in [3.8, 4) is 33.8 Å². The minimum Gasteiger partial charge on any atom is -0.507 e. The molecule has 40 heavy (non-hydrogen) atoms. The van der Waals surface area contributed by atoms with Crippen LogP contribution in [-0.4, -0.2) is 50.2 Å². The zero-order valence-electron chi connectivity index (χ0n) is 20.4. The minimum atomic E-state index is -1.80. The van der Waals surface area contributed by atoms with Gasteiger partial charge in [0.25, 0.3) is 11.8 Å². The Morgan fingerprint density at radius 2 is 1.02 bits per heavy atom. The molecule has 0 unspecified atom stereocenters. The predicted molar refractivity (Wildman–Crippen MR) is 142 cm³/mol. The first-order valence-electron chi connectivity index (χ1n) is 11.6. The molecule has 0 atom stereocenters. The van der Waals surface area contributed by atoms with Crippen molar-refractivity contribution in [1.82, 2.24) is 10.6 Å². The number of carbonyl (C=O) groups is 5. The molecule has 0 heterocycles. The van der Waals surface area contributed by atoms with Crippen molar-refractivity contribution in [1.29, 1.82) is 0 Å². The maximum Gasteiger partial charge on any atom is 0.411 e. The summed E-state index contributed by atoms with van der Waals surface area (Å²) in [6.07, 6.45) is -3.61. The number of rotatable bonds is 6. The number of aromatic hydroxyl groups is 2. The van der Waals surface area contributed by atoms with Crippen LogP contribution < -0.4 is 10.6 Å². The highest BCUT2D eigenvalue weighted by Gasteiger charge is 2.33. The highest BCUT2D eigenvalue weighted by Crippen LogP contribution is 2.44. The van der Waals surface area contributed by atoms with Crippen LogP contribution in [0.3, 0.4) is 0 Å². The van der Waals surface area contributed by atoms with Gasteiger partial charge in [0.15, 0.2) is 5.78 Å². The SMILES string of the molecule is O=C(O)NC(=O)c1c(C(=O)c2ccccc2)cc(-c2ccccc2O)c(-c2ccccc2O)c1C(=O)NC(=O)O. The monoisotopic (exact) mass is 540 g/mol. The van der Waals surface area contributed by atoms with Crippen LogP contribution in [0.4, 0.5) is 9.59 Å². The van der Waals surface area contributed by atoms with Crippen LogP contribution in [-0.2, 0) is 0 Å². The number of phenols is 2. The molecule has 0 saturated carbocycles. The molecule has 11 nitrogen and oxygen atoms in total. The third-order valence-corrected chi connectivity index (χ3v) is 5.87. The Morgan fingerprint density at radius 1 is 0.550 bits per heavy atom. The number of hydrogen-bond acceptors (Lipinski definition) is 7. The lowest BCUT2D eigenvalue weighted by Crippen LogP contribution is -2.36. The van der Waals surface area contributed by atoms with E-state index in [1.54, 1.807) is 34.9 Å². The molecule has 0 aliphatic rings. The van der Waals surface area contributed by atoms with Gasteiger partial charge < -0.3 is 20.4 Å². The van der Waals surface area contributed by atoms with Gasteiger partial charge in [-0.3, -0.25) is 25.0 Å². The second-order valence-electron chi connectivity index (χ2n) is 8.34. The van der Waals surface area contributed by atoms with Gasteiger partial charge >= 0.3 is 12.2 Å². The molecule has 4 rings (SSSR count). The van der Waals surface area contributed by atoms with E-state index in [0.29, 0.717) is 0 Å². The smallest absolute Gasteiger partial charge is 0.411 e. The van der Waals surface area contributed by atoms with Gasteiger partial charge in [0.1, 0.15) is 11.5 Å². The van der Waals surface area contributed by atoms with Crippen molar-refractivity contribution >= 4 is 29.8 Å². The fourth-order valence-electron chi connectivity index (χ4n) is 4.27. The van der Waals surface area contributed by atoms with Crippen LogP contribution in [0, 0.1) is 0 Å². The lowest BCUT2D eigenvalue weighted by Gasteiger charge is -2.22. The number of phenolic OH excluding ortho intramolecular Hbond substituents is 2. The number of amides is 4. The predicted octanol–water partition coefficient (Wildman–Crippen LogP) is 4.48. The Hall–Kier alpha value is -5.97. The summed E-state index contributed by atoms with van der Waals surface area (Å²) in [4.78, 5) is 63.5. The molecule has 0 fully saturated rings. The first-order valence-corrected chi connectivity index (χ1v) is 11.6. The zero-order chi connectivity index (χ0) is 29.0. The summed E-state index contributed by atoms with van der Waals surface area (Å²) in [5, 5.41) is 43.3. The van der Waals surface area contributed by atoms with Crippen molar-refractivity contribution in [3.63, 3.8) is 0 Å². The highest BCUT2D eigenvalue weighted by molar-refractivity contribution is 6.24.